The van der Waals surface area contributed by atoms with E-state index in [1.54, 1.807) is 12.4 Å². The zero-order valence-electron chi connectivity index (χ0n) is 10.8. The van der Waals surface area contributed by atoms with E-state index in [0.29, 0.717) is 11.7 Å². The molecule has 0 aromatic carbocycles. The largest absolute Gasteiger partial charge is 0.304 e. The van der Waals surface area contributed by atoms with Gasteiger partial charge in [-0.05, 0) is 24.5 Å². The summed E-state index contributed by atoms with van der Waals surface area (Å²) in [5.41, 5.74) is 1.04. The van der Waals surface area contributed by atoms with Crippen LogP contribution in [0.3, 0.4) is 0 Å². The van der Waals surface area contributed by atoms with Crippen LogP contribution >= 0.6 is 11.8 Å². The van der Waals surface area contributed by atoms with Crippen molar-refractivity contribution in [2.24, 2.45) is 10.9 Å². The second-order valence-electron chi connectivity index (χ2n) is 4.80. The van der Waals surface area contributed by atoms with Crippen molar-refractivity contribution in [3.05, 3.63) is 30.1 Å². The van der Waals surface area contributed by atoms with Gasteiger partial charge in [0.15, 0.2) is 5.17 Å². The van der Waals surface area contributed by atoms with E-state index in [1.165, 1.54) is 11.8 Å². The zero-order valence-corrected chi connectivity index (χ0v) is 11.6. The predicted octanol–water partition coefficient (Wildman–Crippen LogP) is 2.22. The average Bonchev–Trinajstić information content (AvgIpc) is 2.65. The molecule has 1 aliphatic heterocycles. The van der Waals surface area contributed by atoms with Gasteiger partial charge in [0.1, 0.15) is 4.75 Å². The summed E-state index contributed by atoms with van der Waals surface area (Å²) in [5.74, 6) is 0.320. The number of aromatic nitrogens is 1. The third kappa shape index (κ3) is 2.56. The van der Waals surface area contributed by atoms with E-state index in [9.17, 15) is 4.79 Å². The zero-order chi connectivity index (χ0) is 13.2. The fourth-order valence-electron chi connectivity index (χ4n) is 1.60. The van der Waals surface area contributed by atoms with Gasteiger partial charge >= 0.3 is 0 Å². The van der Waals surface area contributed by atoms with Crippen LogP contribution in [0.15, 0.2) is 29.5 Å². The molecule has 0 radical (unpaired) electrons. The second kappa shape index (κ2) is 5.10. The van der Waals surface area contributed by atoms with Crippen LogP contribution in [0.25, 0.3) is 0 Å². The molecule has 0 bridgehead atoms. The number of hydrogen-bond acceptors (Lipinski definition) is 4. The van der Waals surface area contributed by atoms with E-state index in [4.69, 9.17) is 0 Å². The van der Waals surface area contributed by atoms with Crippen LogP contribution < -0.4 is 5.32 Å². The van der Waals surface area contributed by atoms with E-state index < -0.39 is 4.75 Å². The Morgan fingerprint density at radius 1 is 1.56 bits per heavy atom. The molecule has 96 valence electrons. The minimum atomic E-state index is -0.409. The molecule has 2 heterocycles. The van der Waals surface area contributed by atoms with Crippen molar-refractivity contribution in [1.29, 1.82) is 0 Å². The van der Waals surface area contributed by atoms with Gasteiger partial charge in [0.25, 0.3) is 0 Å². The Morgan fingerprint density at radius 3 is 2.89 bits per heavy atom. The number of amides is 1. The molecule has 1 aliphatic rings. The number of aliphatic imine (C=N–C) groups is 1. The average molecular weight is 263 g/mol. The number of nitrogens with zero attached hydrogens (tertiary/aromatic N) is 2. The first kappa shape index (κ1) is 13.1. The van der Waals surface area contributed by atoms with Gasteiger partial charge in [0, 0.05) is 12.4 Å². The monoisotopic (exact) mass is 263 g/mol. The Hall–Kier alpha value is -1.36. The lowest BCUT2D eigenvalue weighted by molar-refractivity contribution is -0.122. The summed E-state index contributed by atoms with van der Waals surface area (Å²) >= 11 is 1.52. The molecular weight excluding hydrogens is 246 g/mol. The highest BCUT2D eigenvalue weighted by atomic mass is 32.2. The first-order valence-corrected chi connectivity index (χ1v) is 6.78. The molecule has 1 atom stereocenters. The van der Waals surface area contributed by atoms with Crippen molar-refractivity contribution in [2.45, 2.75) is 32.1 Å². The number of carbonyl (C=O) groups is 1. The first-order valence-electron chi connectivity index (χ1n) is 5.96. The normalized spacial score (nSPS) is 25.8. The second-order valence-corrected chi connectivity index (χ2v) is 6.24. The quantitative estimate of drug-likeness (QED) is 0.909. The van der Waals surface area contributed by atoms with Gasteiger partial charge < -0.3 is 5.32 Å². The lowest BCUT2D eigenvalue weighted by Crippen LogP contribution is -2.38. The third-order valence-corrected chi connectivity index (χ3v) is 4.72. The highest BCUT2D eigenvalue weighted by molar-refractivity contribution is 8.16. The number of carbonyl (C=O) groups excluding carboxylic acids is 1. The fraction of sp³-hybridized carbons (Fsp3) is 0.462. The van der Waals surface area contributed by atoms with Crippen molar-refractivity contribution in [3.8, 4) is 0 Å². The molecule has 1 saturated heterocycles. The molecule has 1 aromatic rings. The van der Waals surface area contributed by atoms with Crippen LogP contribution in [0.2, 0.25) is 0 Å². The molecular formula is C13H17N3OS. The maximum absolute atomic E-state index is 11.9. The lowest BCUT2D eigenvalue weighted by Gasteiger charge is -2.22. The number of pyridine rings is 1. The summed E-state index contributed by atoms with van der Waals surface area (Å²) in [6.45, 7) is 6.61. The molecule has 18 heavy (non-hydrogen) atoms. The molecule has 2 rings (SSSR count). The van der Waals surface area contributed by atoms with Gasteiger partial charge in [-0.3, -0.25) is 14.8 Å². The van der Waals surface area contributed by atoms with E-state index in [2.05, 4.69) is 29.1 Å². The predicted molar refractivity (Wildman–Crippen MR) is 74.4 cm³/mol. The number of thioether (sulfide) groups is 1. The van der Waals surface area contributed by atoms with E-state index >= 15 is 0 Å². The van der Waals surface area contributed by atoms with E-state index in [-0.39, 0.29) is 11.8 Å². The molecule has 4 nitrogen and oxygen atoms in total. The van der Waals surface area contributed by atoms with Gasteiger partial charge in [-0.1, -0.05) is 31.7 Å². The van der Waals surface area contributed by atoms with Crippen molar-refractivity contribution in [3.63, 3.8) is 0 Å². The Balaban J connectivity index is 2.07. The van der Waals surface area contributed by atoms with Crippen LogP contribution in [0, 0.1) is 5.92 Å². The first-order chi connectivity index (χ1) is 8.52. The van der Waals surface area contributed by atoms with Crippen LogP contribution in [0.5, 0.6) is 0 Å². The summed E-state index contributed by atoms with van der Waals surface area (Å²) in [6, 6.07) is 3.86. The topological polar surface area (TPSA) is 54.4 Å². The van der Waals surface area contributed by atoms with Gasteiger partial charge in [0.05, 0.1) is 6.54 Å². The molecule has 0 unspecified atom stereocenters. The minimum Gasteiger partial charge on any atom is -0.304 e. The Labute approximate surface area is 111 Å². The van der Waals surface area contributed by atoms with Crippen LogP contribution in [-0.2, 0) is 11.3 Å². The van der Waals surface area contributed by atoms with Crippen LogP contribution in [0.4, 0.5) is 0 Å². The van der Waals surface area contributed by atoms with Crippen molar-refractivity contribution >= 4 is 22.8 Å². The summed E-state index contributed by atoms with van der Waals surface area (Å²) in [4.78, 5) is 20.4. The van der Waals surface area contributed by atoms with Crippen molar-refractivity contribution < 1.29 is 4.79 Å². The Kier molecular flexibility index (Phi) is 3.71. The number of rotatable bonds is 3. The van der Waals surface area contributed by atoms with Gasteiger partial charge in [0.2, 0.25) is 5.91 Å². The van der Waals surface area contributed by atoms with Gasteiger partial charge in [-0.15, -0.1) is 0 Å². The number of nitrogens with one attached hydrogen (secondary N) is 1. The highest BCUT2D eigenvalue weighted by Gasteiger charge is 2.44. The molecule has 0 aliphatic carbocycles. The number of amidine groups is 1. The molecule has 0 saturated carbocycles. The highest BCUT2D eigenvalue weighted by Crippen LogP contribution is 2.37. The molecule has 1 amide bonds. The van der Waals surface area contributed by atoms with Gasteiger partial charge in [-0.2, -0.15) is 0 Å². The Bertz CT molecular complexity index is 472. The minimum absolute atomic E-state index is 0.0486. The van der Waals surface area contributed by atoms with Crippen LogP contribution in [0.1, 0.15) is 26.3 Å². The number of hydrogen-bond donors (Lipinski definition) is 1. The van der Waals surface area contributed by atoms with Crippen molar-refractivity contribution in [2.75, 3.05) is 0 Å². The molecule has 0 spiro atoms. The maximum Gasteiger partial charge on any atom is 0.242 e. The summed E-state index contributed by atoms with van der Waals surface area (Å²) in [7, 11) is 0. The smallest absolute Gasteiger partial charge is 0.242 e. The molecule has 1 N–H and O–H groups in total. The maximum atomic E-state index is 11.9. The summed E-state index contributed by atoms with van der Waals surface area (Å²) < 4.78 is -0.409. The standard InChI is InChI=1S/C13H17N3OS/c1-9(2)13(3)11(17)16-12(18-13)15-8-10-5-4-6-14-7-10/h4-7,9H,8H2,1-3H3,(H,15,16,17)/t13-/m0/s1. The fourth-order valence-corrected chi connectivity index (χ4v) is 2.65. The van der Waals surface area contributed by atoms with Crippen LogP contribution in [-0.4, -0.2) is 20.8 Å². The van der Waals surface area contributed by atoms with Gasteiger partial charge in [-0.25, -0.2) is 0 Å². The Morgan fingerprint density at radius 2 is 2.33 bits per heavy atom. The van der Waals surface area contributed by atoms with Crippen molar-refractivity contribution in [1.82, 2.24) is 10.3 Å². The molecule has 1 aromatic heterocycles. The lowest BCUT2D eigenvalue weighted by atomic mass is 9.96. The molecule has 5 heteroatoms. The third-order valence-electron chi connectivity index (χ3n) is 3.21. The molecule has 1 fully saturated rings. The summed E-state index contributed by atoms with van der Waals surface area (Å²) in [5, 5.41) is 3.56. The SMILES string of the molecule is CC(C)[C@]1(C)SC(=NCc2cccnc2)NC1=O. The summed E-state index contributed by atoms with van der Waals surface area (Å²) in [6.07, 6.45) is 3.52. The van der Waals surface area contributed by atoms with E-state index in [1.807, 2.05) is 19.1 Å². The van der Waals surface area contributed by atoms with E-state index in [0.717, 1.165) is 5.56 Å².